The summed E-state index contributed by atoms with van der Waals surface area (Å²) in [5.41, 5.74) is 1.21. The van der Waals surface area contributed by atoms with Gasteiger partial charge in [-0.05, 0) is 48.5 Å². The van der Waals surface area contributed by atoms with Crippen LogP contribution in [0.2, 0.25) is 5.02 Å². The number of nitrogens with zero attached hydrogens (tertiary/aromatic N) is 2. The van der Waals surface area contributed by atoms with Crippen molar-refractivity contribution in [1.29, 1.82) is 0 Å². The third kappa shape index (κ3) is 4.86. The smallest absolute Gasteiger partial charge is 0.257 e. The number of benzene rings is 2. The monoisotopic (exact) mass is 384 g/mol. The van der Waals surface area contributed by atoms with Gasteiger partial charge in [0.05, 0.1) is 14.2 Å². The number of methoxy groups -OCH3 is 2. The molecule has 0 bridgehead atoms. The van der Waals surface area contributed by atoms with Crippen LogP contribution >= 0.6 is 11.6 Å². The van der Waals surface area contributed by atoms with Crippen molar-refractivity contribution in [2.45, 2.75) is 0 Å². The average Bonchev–Trinajstić information content (AvgIpc) is 2.70. The van der Waals surface area contributed by atoms with Gasteiger partial charge in [-0.1, -0.05) is 11.6 Å². The lowest BCUT2D eigenvalue weighted by molar-refractivity contribution is 0.102. The lowest BCUT2D eigenvalue weighted by Crippen LogP contribution is -2.14. The molecule has 3 aromatic rings. The maximum absolute atomic E-state index is 12.4. The van der Waals surface area contributed by atoms with Crippen LogP contribution in [0.25, 0.3) is 0 Å². The van der Waals surface area contributed by atoms with Crippen molar-refractivity contribution in [2.75, 3.05) is 24.9 Å². The van der Waals surface area contributed by atoms with Crippen LogP contribution < -0.4 is 20.1 Å². The van der Waals surface area contributed by atoms with Crippen LogP contribution in [0.15, 0.2) is 54.6 Å². The maximum atomic E-state index is 12.4. The van der Waals surface area contributed by atoms with Crippen molar-refractivity contribution < 1.29 is 14.3 Å². The van der Waals surface area contributed by atoms with E-state index in [-0.39, 0.29) is 5.91 Å². The lowest BCUT2D eigenvalue weighted by Gasteiger charge is -2.09. The third-order valence-electron chi connectivity index (χ3n) is 3.64. The minimum atomic E-state index is -0.347. The zero-order valence-corrected chi connectivity index (χ0v) is 15.4. The van der Waals surface area contributed by atoms with Crippen LogP contribution in [0, 0.1) is 0 Å². The second kappa shape index (κ2) is 8.37. The number of rotatable bonds is 6. The Hall–Kier alpha value is -3.32. The van der Waals surface area contributed by atoms with E-state index in [2.05, 4.69) is 20.8 Å². The Bertz CT molecular complexity index is 908. The Morgan fingerprint density at radius 3 is 2.04 bits per heavy atom. The number of ether oxygens (including phenoxy) is 2. The Balaban J connectivity index is 1.69. The number of amides is 1. The molecule has 1 heterocycles. The first-order valence-electron chi connectivity index (χ1n) is 7.98. The molecule has 0 aliphatic rings. The molecule has 2 aromatic carbocycles. The third-order valence-corrected chi connectivity index (χ3v) is 3.89. The van der Waals surface area contributed by atoms with Crippen molar-refractivity contribution in [3.63, 3.8) is 0 Å². The fourth-order valence-corrected chi connectivity index (χ4v) is 2.40. The van der Waals surface area contributed by atoms with Gasteiger partial charge in [0.2, 0.25) is 0 Å². The van der Waals surface area contributed by atoms with Crippen LogP contribution in [-0.4, -0.2) is 30.3 Å². The number of hydrogen-bond acceptors (Lipinski definition) is 6. The largest absolute Gasteiger partial charge is 0.497 e. The topological polar surface area (TPSA) is 85.4 Å². The molecule has 138 valence electrons. The first-order chi connectivity index (χ1) is 13.1. The lowest BCUT2D eigenvalue weighted by atomic mass is 10.2. The highest BCUT2D eigenvalue weighted by Gasteiger charge is 2.11. The highest BCUT2D eigenvalue weighted by atomic mass is 35.5. The van der Waals surface area contributed by atoms with Crippen molar-refractivity contribution in [3.8, 4) is 11.5 Å². The van der Waals surface area contributed by atoms with Gasteiger partial charge in [0.15, 0.2) is 11.6 Å². The van der Waals surface area contributed by atoms with Gasteiger partial charge in [-0.15, -0.1) is 10.2 Å². The Kier molecular flexibility index (Phi) is 5.73. The van der Waals surface area contributed by atoms with E-state index in [9.17, 15) is 4.79 Å². The van der Waals surface area contributed by atoms with Gasteiger partial charge in [0, 0.05) is 22.3 Å². The summed E-state index contributed by atoms with van der Waals surface area (Å²) in [6.07, 6.45) is 0. The molecule has 1 amide bonds. The normalized spacial score (nSPS) is 10.2. The minimum Gasteiger partial charge on any atom is -0.497 e. The van der Waals surface area contributed by atoms with Crippen LogP contribution in [0.1, 0.15) is 10.4 Å². The number of nitrogens with one attached hydrogen (secondary N) is 2. The molecular weight excluding hydrogens is 368 g/mol. The summed E-state index contributed by atoms with van der Waals surface area (Å²) in [5.74, 6) is 1.56. The number of hydrogen-bond donors (Lipinski definition) is 2. The fourth-order valence-electron chi connectivity index (χ4n) is 2.27. The van der Waals surface area contributed by atoms with Crippen molar-refractivity contribution in [2.24, 2.45) is 0 Å². The number of carbonyl (C=O) groups excluding carboxylic acids is 1. The maximum Gasteiger partial charge on any atom is 0.257 e. The molecule has 8 heteroatoms. The highest BCUT2D eigenvalue weighted by Crippen LogP contribution is 2.23. The molecule has 2 N–H and O–H groups in total. The number of halogens is 1. The van der Waals surface area contributed by atoms with E-state index < -0.39 is 0 Å². The molecule has 3 rings (SSSR count). The molecule has 0 fully saturated rings. The van der Waals surface area contributed by atoms with E-state index in [4.69, 9.17) is 21.1 Å². The first kappa shape index (κ1) is 18.5. The van der Waals surface area contributed by atoms with Gasteiger partial charge < -0.3 is 20.1 Å². The SMILES string of the molecule is COc1cc(OC)cc(C(=O)Nc2ccc(Nc3ccc(Cl)cc3)nn2)c1. The van der Waals surface area contributed by atoms with Gasteiger partial charge in [-0.2, -0.15) is 0 Å². The van der Waals surface area contributed by atoms with Crippen LogP contribution in [0.4, 0.5) is 17.3 Å². The van der Waals surface area contributed by atoms with E-state index >= 15 is 0 Å². The number of anilines is 3. The summed E-state index contributed by atoms with van der Waals surface area (Å²) in [4.78, 5) is 12.4. The second-order valence-electron chi connectivity index (χ2n) is 5.49. The van der Waals surface area contributed by atoms with Crippen LogP contribution in [-0.2, 0) is 0 Å². The van der Waals surface area contributed by atoms with Crippen LogP contribution in [0.5, 0.6) is 11.5 Å². The van der Waals surface area contributed by atoms with Gasteiger partial charge in [-0.3, -0.25) is 4.79 Å². The molecule has 0 aliphatic carbocycles. The fraction of sp³-hybridized carbons (Fsp3) is 0.105. The molecule has 0 radical (unpaired) electrons. The van der Waals surface area contributed by atoms with Crippen molar-refractivity contribution in [3.05, 3.63) is 65.2 Å². The number of carbonyl (C=O) groups is 1. The summed E-state index contributed by atoms with van der Waals surface area (Å²) >= 11 is 5.86. The average molecular weight is 385 g/mol. The zero-order chi connectivity index (χ0) is 19.2. The molecule has 7 nitrogen and oxygen atoms in total. The summed E-state index contributed by atoms with van der Waals surface area (Å²) < 4.78 is 10.3. The van der Waals surface area contributed by atoms with Gasteiger partial charge in [0.1, 0.15) is 11.5 Å². The van der Waals surface area contributed by atoms with E-state index in [0.717, 1.165) is 5.69 Å². The van der Waals surface area contributed by atoms with E-state index in [1.54, 1.807) is 42.5 Å². The highest BCUT2D eigenvalue weighted by molar-refractivity contribution is 6.30. The Morgan fingerprint density at radius 2 is 1.48 bits per heavy atom. The molecule has 27 heavy (non-hydrogen) atoms. The molecular formula is C19H17ClN4O3. The predicted molar refractivity (Wildman–Crippen MR) is 104 cm³/mol. The molecule has 0 saturated heterocycles. The summed E-state index contributed by atoms with van der Waals surface area (Å²) in [7, 11) is 3.04. The zero-order valence-electron chi connectivity index (χ0n) is 14.7. The summed E-state index contributed by atoms with van der Waals surface area (Å²) in [5, 5.41) is 14.5. The first-order valence-corrected chi connectivity index (χ1v) is 8.36. The Labute approximate surface area is 161 Å². The minimum absolute atomic E-state index is 0.323. The molecule has 0 saturated carbocycles. The van der Waals surface area contributed by atoms with Crippen molar-refractivity contribution in [1.82, 2.24) is 10.2 Å². The molecule has 0 aliphatic heterocycles. The molecule has 0 atom stereocenters. The molecule has 1 aromatic heterocycles. The van der Waals surface area contributed by atoms with E-state index in [0.29, 0.717) is 33.7 Å². The number of aromatic nitrogens is 2. The van der Waals surface area contributed by atoms with E-state index in [1.165, 1.54) is 14.2 Å². The second-order valence-corrected chi connectivity index (χ2v) is 5.93. The van der Waals surface area contributed by atoms with Gasteiger partial charge in [-0.25, -0.2) is 0 Å². The summed E-state index contributed by atoms with van der Waals surface area (Å²) in [6, 6.07) is 15.5. The van der Waals surface area contributed by atoms with Crippen LogP contribution in [0.3, 0.4) is 0 Å². The quantitative estimate of drug-likeness (QED) is 0.664. The molecule has 0 unspecified atom stereocenters. The van der Waals surface area contributed by atoms with Gasteiger partial charge >= 0.3 is 0 Å². The van der Waals surface area contributed by atoms with Crippen molar-refractivity contribution >= 4 is 34.8 Å². The van der Waals surface area contributed by atoms with Gasteiger partial charge in [0.25, 0.3) is 5.91 Å². The summed E-state index contributed by atoms with van der Waals surface area (Å²) in [6.45, 7) is 0. The predicted octanol–water partition coefficient (Wildman–Crippen LogP) is 4.14. The standard InChI is InChI=1S/C19H17ClN4O3/c1-26-15-9-12(10-16(11-15)27-2)19(25)22-18-8-7-17(23-24-18)21-14-5-3-13(20)4-6-14/h3-11H,1-2H3,(H,21,23)(H,22,24,25). The Morgan fingerprint density at radius 1 is 0.889 bits per heavy atom. The van der Waals surface area contributed by atoms with E-state index in [1.807, 2.05) is 12.1 Å². The molecule has 0 spiro atoms.